The van der Waals surface area contributed by atoms with Crippen LogP contribution in [0.4, 0.5) is 40.8 Å². The maximum absolute atomic E-state index is 13.6. The Balaban J connectivity index is 1.46. The average molecular weight is 664 g/mol. The smallest absolute Gasteiger partial charge is 0.350 e. The van der Waals surface area contributed by atoms with E-state index < -0.39 is 47.6 Å². The predicted octanol–water partition coefficient (Wildman–Crippen LogP) is 7.60. The van der Waals surface area contributed by atoms with Gasteiger partial charge in [-0.05, 0) is 59.0 Å². The summed E-state index contributed by atoms with van der Waals surface area (Å²) in [5, 5.41) is 6.62. The van der Waals surface area contributed by atoms with Gasteiger partial charge in [-0.25, -0.2) is 0 Å². The fraction of sp³-hybridized carbons (Fsp3) is 0.182. The zero-order chi connectivity index (χ0) is 34.6. The molecular weight excluding hydrogens is 638 g/mol. The van der Waals surface area contributed by atoms with Gasteiger partial charge in [0.05, 0.1) is 5.56 Å². The van der Waals surface area contributed by atoms with Gasteiger partial charge in [0.1, 0.15) is 6.04 Å². The number of carbonyl (C=O) groups is 3. The molecule has 246 valence electrons. The van der Waals surface area contributed by atoms with Crippen LogP contribution < -0.4 is 16.0 Å². The number of halogens is 8. The number of amides is 3. The zero-order valence-electron chi connectivity index (χ0n) is 24.3. The van der Waals surface area contributed by atoms with Gasteiger partial charge in [-0.3, -0.25) is 14.4 Å². The maximum Gasteiger partial charge on any atom is 0.463 e. The molecule has 0 saturated carbocycles. The van der Waals surface area contributed by atoms with Crippen molar-refractivity contribution in [2.45, 2.75) is 37.8 Å². The Kier molecular flexibility index (Phi) is 10.0. The fourth-order valence-corrected chi connectivity index (χ4v) is 4.52. The van der Waals surface area contributed by atoms with Crippen LogP contribution in [0, 0.1) is 6.92 Å². The summed E-state index contributed by atoms with van der Waals surface area (Å²) in [6.45, 7) is 1.41. The third-order valence-corrected chi connectivity index (χ3v) is 7.01. The average Bonchev–Trinajstić information content (AvgIpc) is 3.03. The Hall–Kier alpha value is -5.27. The highest BCUT2D eigenvalue weighted by atomic mass is 19.4. The Morgan fingerprint density at radius 2 is 1.36 bits per heavy atom. The molecule has 0 fully saturated rings. The topological polar surface area (TPSA) is 87.3 Å². The summed E-state index contributed by atoms with van der Waals surface area (Å²) in [5.41, 5.74) is 1.43. The van der Waals surface area contributed by atoms with Gasteiger partial charge in [0.15, 0.2) is 0 Å². The molecular formula is C33H25F8N3O3. The lowest BCUT2D eigenvalue weighted by Gasteiger charge is -2.23. The lowest BCUT2D eigenvalue weighted by atomic mass is 9.98. The molecule has 0 radical (unpaired) electrons. The van der Waals surface area contributed by atoms with Gasteiger partial charge in [-0.2, -0.15) is 35.1 Å². The maximum atomic E-state index is 13.6. The Bertz CT molecular complexity index is 1760. The van der Waals surface area contributed by atoms with Crippen LogP contribution in [0.15, 0.2) is 97.1 Å². The number of nitrogens with one attached hydrogen (secondary N) is 3. The molecule has 3 N–H and O–H groups in total. The second-order valence-corrected chi connectivity index (χ2v) is 10.3. The van der Waals surface area contributed by atoms with Crippen LogP contribution >= 0.6 is 0 Å². The van der Waals surface area contributed by atoms with Crippen molar-refractivity contribution < 1.29 is 49.5 Å². The SMILES string of the molecule is Cc1cc(CNC(=O)C(NC(=O)C(F)(F)C(F)(F)F)c2ccccc2)ccc1NC(=O)c1ccccc1-c1ccc(C(F)(F)F)cc1. The highest BCUT2D eigenvalue weighted by molar-refractivity contribution is 6.09. The van der Waals surface area contributed by atoms with E-state index in [4.69, 9.17) is 0 Å². The molecule has 14 heteroatoms. The molecule has 1 unspecified atom stereocenters. The molecule has 6 nitrogen and oxygen atoms in total. The molecule has 0 saturated heterocycles. The van der Waals surface area contributed by atoms with E-state index in [1.807, 2.05) is 0 Å². The van der Waals surface area contributed by atoms with Crippen molar-refractivity contribution in [2.24, 2.45) is 0 Å². The summed E-state index contributed by atoms with van der Waals surface area (Å²) in [5.74, 6) is -10.0. The predicted molar refractivity (Wildman–Crippen MR) is 156 cm³/mol. The zero-order valence-corrected chi connectivity index (χ0v) is 24.3. The molecule has 0 spiro atoms. The van der Waals surface area contributed by atoms with Crippen molar-refractivity contribution in [1.29, 1.82) is 0 Å². The minimum atomic E-state index is -6.17. The fourth-order valence-electron chi connectivity index (χ4n) is 4.52. The van der Waals surface area contributed by atoms with Crippen LogP contribution in [-0.2, 0) is 22.3 Å². The minimum absolute atomic E-state index is 0.0397. The number of hydrogen-bond donors (Lipinski definition) is 3. The number of hydrogen-bond acceptors (Lipinski definition) is 3. The van der Waals surface area contributed by atoms with E-state index in [9.17, 15) is 49.5 Å². The van der Waals surface area contributed by atoms with Crippen LogP contribution in [0.1, 0.15) is 38.7 Å². The van der Waals surface area contributed by atoms with E-state index in [2.05, 4.69) is 10.6 Å². The molecule has 0 aromatic heterocycles. The molecule has 0 aliphatic rings. The van der Waals surface area contributed by atoms with Crippen molar-refractivity contribution in [3.8, 4) is 11.1 Å². The normalized spacial score (nSPS) is 12.6. The Labute approximate surface area is 262 Å². The van der Waals surface area contributed by atoms with E-state index in [1.165, 1.54) is 66.0 Å². The van der Waals surface area contributed by atoms with Gasteiger partial charge in [-0.1, -0.05) is 72.8 Å². The van der Waals surface area contributed by atoms with Gasteiger partial charge in [0.25, 0.3) is 5.91 Å². The van der Waals surface area contributed by atoms with E-state index in [0.717, 1.165) is 12.1 Å². The van der Waals surface area contributed by atoms with E-state index in [0.29, 0.717) is 27.9 Å². The van der Waals surface area contributed by atoms with E-state index in [1.54, 1.807) is 31.2 Å². The Morgan fingerprint density at radius 3 is 1.96 bits per heavy atom. The molecule has 0 aliphatic heterocycles. The third-order valence-electron chi connectivity index (χ3n) is 7.01. The monoisotopic (exact) mass is 663 g/mol. The molecule has 4 aromatic rings. The van der Waals surface area contributed by atoms with Crippen LogP contribution in [-0.4, -0.2) is 29.8 Å². The van der Waals surface area contributed by atoms with E-state index in [-0.39, 0.29) is 17.7 Å². The largest absolute Gasteiger partial charge is 0.463 e. The molecule has 4 aromatic carbocycles. The molecule has 47 heavy (non-hydrogen) atoms. The minimum Gasteiger partial charge on any atom is -0.350 e. The van der Waals surface area contributed by atoms with E-state index >= 15 is 0 Å². The summed E-state index contributed by atoms with van der Waals surface area (Å²) >= 11 is 0. The summed E-state index contributed by atoms with van der Waals surface area (Å²) in [6, 6.07) is 20.3. The number of carbonyl (C=O) groups excluding carboxylic acids is 3. The summed E-state index contributed by atoms with van der Waals surface area (Å²) < 4.78 is 104. The third kappa shape index (κ3) is 8.12. The van der Waals surface area contributed by atoms with Gasteiger partial charge in [-0.15, -0.1) is 0 Å². The van der Waals surface area contributed by atoms with Gasteiger partial charge < -0.3 is 16.0 Å². The van der Waals surface area contributed by atoms with Crippen molar-refractivity contribution in [1.82, 2.24) is 10.6 Å². The number of alkyl halides is 8. The van der Waals surface area contributed by atoms with Gasteiger partial charge in [0, 0.05) is 17.8 Å². The summed E-state index contributed by atoms with van der Waals surface area (Å²) in [4.78, 5) is 38.0. The van der Waals surface area contributed by atoms with Crippen LogP contribution in [0.3, 0.4) is 0 Å². The quantitative estimate of drug-likeness (QED) is 0.161. The molecule has 4 rings (SSSR count). The highest BCUT2D eigenvalue weighted by Crippen LogP contribution is 2.36. The Morgan fingerprint density at radius 1 is 0.745 bits per heavy atom. The van der Waals surface area contributed by atoms with Crippen molar-refractivity contribution in [2.75, 3.05) is 5.32 Å². The number of anilines is 1. The lowest BCUT2D eigenvalue weighted by molar-refractivity contribution is -0.270. The second-order valence-electron chi connectivity index (χ2n) is 10.3. The summed E-state index contributed by atoms with van der Waals surface area (Å²) in [6.07, 6.45) is -10.7. The number of rotatable bonds is 9. The van der Waals surface area contributed by atoms with Crippen molar-refractivity contribution >= 4 is 23.4 Å². The molecule has 0 heterocycles. The van der Waals surface area contributed by atoms with Gasteiger partial charge in [0.2, 0.25) is 5.91 Å². The van der Waals surface area contributed by atoms with Crippen LogP contribution in [0.2, 0.25) is 0 Å². The van der Waals surface area contributed by atoms with Crippen LogP contribution in [0.5, 0.6) is 0 Å². The first-order chi connectivity index (χ1) is 22.0. The first kappa shape index (κ1) is 34.6. The lowest BCUT2D eigenvalue weighted by Crippen LogP contribution is -2.53. The molecule has 3 amide bonds. The van der Waals surface area contributed by atoms with Crippen molar-refractivity contribution in [3.05, 3.63) is 125 Å². The first-order valence-electron chi connectivity index (χ1n) is 13.7. The molecule has 0 bridgehead atoms. The number of benzene rings is 4. The highest BCUT2D eigenvalue weighted by Gasteiger charge is 2.63. The van der Waals surface area contributed by atoms with Crippen molar-refractivity contribution in [3.63, 3.8) is 0 Å². The molecule has 0 aliphatic carbocycles. The summed E-state index contributed by atoms with van der Waals surface area (Å²) in [7, 11) is 0. The second kappa shape index (κ2) is 13.6. The first-order valence-corrected chi connectivity index (χ1v) is 13.7. The van der Waals surface area contributed by atoms with Crippen LogP contribution in [0.25, 0.3) is 11.1 Å². The number of aryl methyl sites for hydroxylation is 1. The van der Waals surface area contributed by atoms with Gasteiger partial charge >= 0.3 is 24.2 Å². The standard InChI is InChI=1S/C33H25F8N3O3/c1-19-17-20(18-42-29(46)27(22-7-3-2-4-8-22)44-30(47)31(34,35)33(39,40)41)11-16-26(19)43-28(45)25-10-6-5-9-24(25)21-12-14-23(15-13-21)32(36,37)38/h2-17,27H,18H2,1H3,(H,42,46)(H,43,45)(H,44,47). The molecule has 1 atom stereocenters.